The molecule has 0 aliphatic heterocycles. The minimum absolute atomic E-state index is 0. The van der Waals surface area contributed by atoms with Crippen molar-refractivity contribution in [1.82, 2.24) is 15.3 Å². The van der Waals surface area contributed by atoms with Crippen LogP contribution in [0.15, 0.2) is 24.4 Å². The summed E-state index contributed by atoms with van der Waals surface area (Å²) in [6, 6.07) is 4.30. The minimum Gasteiger partial charge on any atom is -0.383 e. The largest absolute Gasteiger partial charge is 0.383 e. The van der Waals surface area contributed by atoms with Gasteiger partial charge in [-0.05, 0) is 50.8 Å². The third-order valence-electron chi connectivity index (χ3n) is 4.59. The van der Waals surface area contributed by atoms with E-state index in [-0.39, 0.29) is 35.4 Å². The Bertz CT molecular complexity index is 812. The molecule has 146 valence electrons. The molecule has 1 amide bonds. The molecule has 0 radical (unpaired) electrons. The molecule has 1 aliphatic rings. The summed E-state index contributed by atoms with van der Waals surface area (Å²) in [5.41, 5.74) is 7.02. The highest BCUT2D eigenvalue weighted by molar-refractivity contribution is 6.31. The summed E-state index contributed by atoms with van der Waals surface area (Å²) >= 11 is 5.73. The van der Waals surface area contributed by atoms with Crippen molar-refractivity contribution in [1.29, 1.82) is 0 Å². The van der Waals surface area contributed by atoms with Gasteiger partial charge >= 0.3 is 0 Å². The van der Waals surface area contributed by atoms with Crippen molar-refractivity contribution in [3.8, 4) is 0 Å². The Hall–Kier alpha value is -2.12. The summed E-state index contributed by atoms with van der Waals surface area (Å²) in [5, 5.41) is 6.23. The van der Waals surface area contributed by atoms with Crippen LogP contribution in [0.4, 0.5) is 16.2 Å². The number of hydrogen-bond acceptors (Lipinski definition) is 5. The third kappa shape index (κ3) is 5.43. The first-order valence-corrected chi connectivity index (χ1v) is 8.91. The summed E-state index contributed by atoms with van der Waals surface area (Å²) < 4.78 is 13.2. The lowest BCUT2D eigenvalue weighted by atomic mass is 9.91. The average molecular weight is 414 g/mol. The molecule has 1 aromatic carbocycles. The quantitative estimate of drug-likeness (QED) is 0.709. The van der Waals surface area contributed by atoms with Crippen LogP contribution in [0.1, 0.15) is 41.6 Å². The van der Waals surface area contributed by atoms with Crippen LogP contribution < -0.4 is 16.4 Å². The molecule has 0 unspecified atom stereocenters. The maximum absolute atomic E-state index is 13.2. The molecule has 0 bridgehead atoms. The molecule has 3 rings (SSSR count). The Kier molecular flexibility index (Phi) is 7.21. The zero-order chi connectivity index (χ0) is 18.7. The molecular formula is C18H22Cl2FN5O. The van der Waals surface area contributed by atoms with E-state index >= 15 is 0 Å². The number of amides is 1. The van der Waals surface area contributed by atoms with Gasteiger partial charge in [0.05, 0.1) is 5.02 Å². The molecule has 0 saturated heterocycles. The second-order valence-corrected chi connectivity index (χ2v) is 6.96. The fourth-order valence-electron chi connectivity index (χ4n) is 3.00. The molecule has 1 fully saturated rings. The fraction of sp³-hybridized carbons (Fsp3) is 0.389. The normalized spacial score (nSPS) is 19.1. The Labute approximate surface area is 168 Å². The van der Waals surface area contributed by atoms with E-state index in [2.05, 4.69) is 20.6 Å². The molecule has 9 heteroatoms. The number of nitrogens with two attached hydrogens (primary N) is 1. The highest BCUT2D eigenvalue weighted by Gasteiger charge is 2.23. The number of benzene rings is 1. The van der Waals surface area contributed by atoms with Gasteiger partial charge in [-0.2, -0.15) is 4.98 Å². The number of carbonyl (C=O) groups excluding carboxylic acids is 1. The summed E-state index contributed by atoms with van der Waals surface area (Å²) in [7, 11) is 0. The van der Waals surface area contributed by atoms with Crippen molar-refractivity contribution in [3.63, 3.8) is 0 Å². The van der Waals surface area contributed by atoms with Gasteiger partial charge in [0.2, 0.25) is 5.95 Å². The standard InChI is InChI=1S/C18H21ClFN5O.ClH/c1-10-9-22-18(25-16(10)21)24-13-5-3-12(4-6-13)23-17(26)11-2-7-15(20)14(19)8-11;/h2,7-9,12-13H,3-6H2,1H3,(H,23,26)(H3,21,22,24,25);1H/t12-,13+;. The molecule has 0 atom stereocenters. The minimum atomic E-state index is -0.534. The highest BCUT2D eigenvalue weighted by Crippen LogP contribution is 2.22. The lowest BCUT2D eigenvalue weighted by molar-refractivity contribution is 0.0926. The van der Waals surface area contributed by atoms with Gasteiger partial charge in [0.25, 0.3) is 5.91 Å². The monoisotopic (exact) mass is 413 g/mol. The molecule has 1 aromatic heterocycles. The summed E-state index contributed by atoms with van der Waals surface area (Å²) in [6.45, 7) is 1.86. The van der Waals surface area contributed by atoms with E-state index in [1.807, 2.05) is 6.92 Å². The van der Waals surface area contributed by atoms with Gasteiger partial charge in [0, 0.05) is 29.4 Å². The number of nitrogen functional groups attached to an aromatic ring is 1. The van der Waals surface area contributed by atoms with Crippen molar-refractivity contribution < 1.29 is 9.18 Å². The van der Waals surface area contributed by atoms with E-state index < -0.39 is 5.82 Å². The van der Waals surface area contributed by atoms with Crippen molar-refractivity contribution in [3.05, 3.63) is 46.4 Å². The van der Waals surface area contributed by atoms with Crippen LogP contribution in [0.2, 0.25) is 5.02 Å². The van der Waals surface area contributed by atoms with Crippen LogP contribution >= 0.6 is 24.0 Å². The first-order valence-electron chi connectivity index (χ1n) is 8.54. The van der Waals surface area contributed by atoms with Crippen LogP contribution in [0.25, 0.3) is 0 Å². The number of nitrogens with zero attached hydrogens (tertiary/aromatic N) is 2. The number of rotatable bonds is 4. The van der Waals surface area contributed by atoms with Crippen molar-refractivity contribution in [2.24, 2.45) is 0 Å². The van der Waals surface area contributed by atoms with Crippen molar-refractivity contribution in [2.45, 2.75) is 44.7 Å². The molecule has 4 N–H and O–H groups in total. The van der Waals surface area contributed by atoms with Gasteiger partial charge in [0.1, 0.15) is 11.6 Å². The Morgan fingerprint density at radius 3 is 2.56 bits per heavy atom. The maximum atomic E-state index is 13.2. The van der Waals surface area contributed by atoms with Gasteiger partial charge in [0.15, 0.2) is 0 Å². The topological polar surface area (TPSA) is 92.9 Å². The van der Waals surface area contributed by atoms with Gasteiger partial charge in [-0.3, -0.25) is 4.79 Å². The summed E-state index contributed by atoms with van der Waals surface area (Å²) in [4.78, 5) is 20.7. The number of nitrogens with one attached hydrogen (secondary N) is 2. The number of aromatic nitrogens is 2. The van der Waals surface area contributed by atoms with E-state index in [4.69, 9.17) is 17.3 Å². The van der Waals surface area contributed by atoms with Crippen LogP contribution in [0, 0.1) is 12.7 Å². The summed E-state index contributed by atoms with van der Waals surface area (Å²) in [6.07, 6.45) is 5.13. The third-order valence-corrected chi connectivity index (χ3v) is 4.88. The predicted octanol–water partition coefficient (Wildman–Crippen LogP) is 3.73. The SMILES string of the molecule is Cc1cnc(N[C@H]2CC[C@@H](NC(=O)c3ccc(F)c(Cl)c3)CC2)nc1N.Cl. The maximum Gasteiger partial charge on any atom is 0.251 e. The molecule has 6 nitrogen and oxygen atoms in total. The van der Waals surface area contributed by atoms with Crippen molar-refractivity contribution in [2.75, 3.05) is 11.1 Å². The molecule has 1 heterocycles. The van der Waals surface area contributed by atoms with Crippen LogP contribution in [-0.4, -0.2) is 28.0 Å². The first kappa shape index (κ1) is 21.2. The Balaban J connectivity index is 0.00000261. The van der Waals surface area contributed by atoms with Gasteiger partial charge in [-0.15, -0.1) is 12.4 Å². The molecular weight excluding hydrogens is 392 g/mol. The Morgan fingerprint density at radius 1 is 1.26 bits per heavy atom. The van der Waals surface area contributed by atoms with Crippen molar-refractivity contribution >= 4 is 41.7 Å². The number of anilines is 2. The van der Waals surface area contributed by atoms with E-state index in [1.165, 1.54) is 18.2 Å². The first-order chi connectivity index (χ1) is 12.4. The van der Waals surface area contributed by atoms with E-state index in [0.717, 1.165) is 31.2 Å². The fourth-order valence-corrected chi connectivity index (χ4v) is 3.18. The molecule has 1 saturated carbocycles. The second kappa shape index (κ2) is 9.19. The average Bonchev–Trinajstić information content (AvgIpc) is 2.62. The molecule has 0 spiro atoms. The van der Waals surface area contributed by atoms with Gasteiger partial charge < -0.3 is 16.4 Å². The van der Waals surface area contributed by atoms with E-state index in [0.29, 0.717) is 17.3 Å². The molecule has 2 aromatic rings. The zero-order valence-corrected chi connectivity index (χ0v) is 16.4. The number of hydrogen-bond donors (Lipinski definition) is 3. The number of aryl methyl sites for hydroxylation is 1. The van der Waals surface area contributed by atoms with E-state index in [1.54, 1.807) is 6.20 Å². The predicted molar refractivity (Wildman–Crippen MR) is 107 cm³/mol. The lowest BCUT2D eigenvalue weighted by Crippen LogP contribution is -2.40. The van der Waals surface area contributed by atoms with Gasteiger partial charge in [-0.25, -0.2) is 9.37 Å². The number of carbonyl (C=O) groups is 1. The van der Waals surface area contributed by atoms with Crippen LogP contribution in [0.3, 0.4) is 0 Å². The second-order valence-electron chi connectivity index (χ2n) is 6.56. The Morgan fingerprint density at radius 2 is 1.93 bits per heavy atom. The molecule has 27 heavy (non-hydrogen) atoms. The van der Waals surface area contributed by atoms with Crippen LogP contribution in [-0.2, 0) is 0 Å². The highest BCUT2D eigenvalue weighted by atomic mass is 35.5. The summed E-state index contributed by atoms with van der Waals surface area (Å²) in [5.74, 6) is 0.231. The van der Waals surface area contributed by atoms with Gasteiger partial charge in [-0.1, -0.05) is 11.6 Å². The molecule has 1 aliphatic carbocycles. The smallest absolute Gasteiger partial charge is 0.251 e. The lowest BCUT2D eigenvalue weighted by Gasteiger charge is -2.29. The van der Waals surface area contributed by atoms with Crippen LogP contribution in [0.5, 0.6) is 0 Å². The van der Waals surface area contributed by atoms with E-state index in [9.17, 15) is 9.18 Å². The number of halogens is 3. The zero-order valence-electron chi connectivity index (χ0n) is 14.8.